The van der Waals surface area contributed by atoms with E-state index in [0.717, 1.165) is 21.9 Å². The van der Waals surface area contributed by atoms with Crippen LogP contribution in [0.4, 0.5) is 11.5 Å². The molecule has 0 fully saturated rings. The molecule has 0 bridgehead atoms. The normalized spacial score (nSPS) is 10.3. The average Bonchev–Trinajstić information content (AvgIpc) is 2.39. The zero-order valence-electron chi connectivity index (χ0n) is 10.7. The van der Waals surface area contributed by atoms with Crippen molar-refractivity contribution >= 4 is 27.4 Å². The van der Waals surface area contributed by atoms with Crippen LogP contribution >= 0.6 is 15.9 Å². The SMILES string of the molecule is CC(C)c1nc(Br)cc(Nc2ccc(C#N)cc2)n1. The second-order valence-electron chi connectivity index (χ2n) is 4.40. The average molecular weight is 317 g/mol. The van der Waals surface area contributed by atoms with Crippen molar-refractivity contribution in [2.45, 2.75) is 19.8 Å². The number of anilines is 2. The van der Waals surface area contributed by atoms with Crippen molar-refractivity contribution in [3.05, 3.63) is 46.3 Å². The van der Waals surface area contributed by atoms with E-state index in [2.05, 4.69) is 37.3 Å². The first-order valence-corrected chi connectivity index (χ1v) is 6.69. The zero-order chi connectivity index (χ0) is 13.8. The van der Waals surface area contributed by atoms with Crippen molar-refractivity contribution in [2.75, 3.05) is 5.32 Å². The molecule has 1 N–H and O–H groups in total. The number of nitrogens with zero attached hydrogens (tertiary/aromatic N) is 3. The molecule has 0 radical (unpaired) electrons. The van der Waals surface area contributed by atoms with Crippen molar-refractivity contribution in [3.63, 3.8) is 0 Å². The Hall–Kier alpha value is -1.93. The van der Waals surface area contributed by atoms with Gasteiger partial charge in [0.05, 0.1) is 11.6 Å². The Labute approximate surface area is 120 Å². The first kappa shape index (κ1) is 13.5. The Kier molecular flexibility index (Phi) is 4.13. The lowest BCUT2D eigenvalue weighted by Crippen LogP contribution is -2.02. The Bertz CT molecular complexity index is 614. The predicted octanol–water partition coefficient (Wildman–Crippen LogP) is 3.98. The van der Waals surface area contributed by atoms with Gasteiger partial charge in [0.2, 0.25) is 0 Å². The van der Waals surface area contributed by atoms with Gasteiger partial charge in [-0.25, -0.2) is 9.97 Å². The van der Waals surface area contributed by atoms with Crippen LogP contribution in [0.15, 0.2) is 34.9 Å². The summed E-state index contributed by atoms with van der Waals surface area (Å²) in [5.74, 6) is 1.78. The summed E-state index contributed by atoms with van der Waals surface area (Å²) in [6.45, 7) is 4.10. The maximum Gasteiger partial charge on any atom is 0.135 e. The molecule has 0 aliphatic carbocycles. The van der Waals surface area contributed by atoms with E-state index in [-0.39, 0.29) is 5.92 Å². The molecular formula is C14H13BrN4. The van der Waals surface area contributed by atoms with Crippen LogP contribution in [0.25, 0.3) is 0 Å². The Morgan fingerprint density at radius 1 is 1.21 bits per heavy atom. The van der Waals surface area contributed by atoms with Crippen LogP contribution in [-0.4, -0.2) is 9.97 Å². The molecule has 0 unspecified atom stereocenters. The van der Waals surface area contributed by atoms with Gasteiger partial charge in [-0.3, -0.25) is 0 Å². The highest BCUT2D eigenvalue weighted by Crippen LogP contribution is 2.21. The van der Waals surface area contributed by atoms with Crippen LogP contribution in [0.2, 0.25) is 0 Å². The van der Waals surface area contributed by atoms with Gasteiger partial charge in [0.25, 0.3) is 0 Å². The predicted molar refractivity (Wildman–Crippen MR) is 78.3 cm³/mol. The van der Waals surface area contributed by atoms with E-state index in [9.17, 15) is 0 Å². The first-order chi connectivity index (χ1) is 9.08. The topological polar surface area (TPSA) is 61.6 Å². The fourth-order valence-corrected chi connectivity index (χ4v) is 1.93. The van der Waals surface area contributed by atoms with Crippen LogP contribution in [0.1, 0.15) is 31.2 Å². The van der Waals surface area contributed by atoms with Crippen molar-refractivity contribution in [2.24, 2.45) is 0 Å². The van der Waals surface area contributed by atoms with Crippen LogP contribution < -0.4 is 5.32 Å². The number of benzene rings is 1. The highest BCUT2D eigenvalue weighted by atomic mass is 79.9. The maximum absolute atomic E-state index is 8.75. The fourth-order valence-electron chi connectivity index (χ4n) is 1.53. The summed E-state index contributed by atoms with van der Waals surface area (Å²) in [7, 11) is 0. The van der Waals surface area contributed by atoms with Crippen LogP contribution in [0.3, 0.4) is 0 Å². The van der Waals surface area contributed by atoms with Gasteiger partial charge in [0.15, 0.2) is 0 Å². The lowest BCUT2D eigenvalue weighted by atomic mass is 10.2. The molecule has 0 saturated carbocycles. The molecule has 0 atom stereocenters. The summed E-state index contributed by atoms with van der Waals surface area (Å²) >= 11 is 3.38. The molecular weight excluding hydrogens is 304 g/mol. The molecule has 2 rings (SSSR count). The van der Waals surface area contributed by atoms with E-state index in [1.807, 2.05) is 32.0 Å². The minimum Gasteiger partial charge on any atom is -0.340 e. The second-order valence-corrected chi connectivity index (χ2v) is 5.22. The fraction of sp³-hybridized carbons (Fsp3) is 0.214. The van der Waals surface area contributed by atoms with Gasteiger partial charge in [-0.1, -0.05) is 13.8 Å². The zero-order valence-corrected chi connectivity index (χ0v) is 12.3. The van der Waals surface area contributed by atoms with E-state index < -0.39 is 0 Å². The summed E-state index contributed by atoms with van der Waals surface area (Å²) in [5, 5.41) is 12.0. The van der Waals surface area contributed by atoms with Crippen LogP contribution in [0.5, 0.6) is 0 Å². The Morgan fingerprint density at radius 3 is 2.47 bits per heavy atom. The number of hydrogen-bond acceptors (Lipinski definition) is 4. The highest BCUT2D eigenvalue weighted by Gasteiger charge is 2.07. The summed E-state index contributed by atoms with van der Waals surface area (Å²) in [5.41, 5.74) is 1.52. The molecule has 4 nitrogen and oxygen atoms in total. The molecule has 1 aromatic carbocycles. The van der Waals surface area contributed by atoms with Gasteiger partial charge in [0.1, 0.15) is 16.2 Å². The lowest BCUT2D eigenvalue weighted by Gasteiger charge is -2.09. The van der Waals surface area contributed by atoms with Crippen molar-refractivity contribution in [1.82, 2.24) is 9.97 Å². The van der Waals surface area contributed by atoms with Gasteiger partial charge in [0, 0.05) is 17.7 Å². The quantitative estimate of drug-likeness (QED) is 0.870. The van der Waals surface area contributed by atoms with Gasteiger partial charge >= 0.3 is 0 Å². The third kappa shape index (κ3) is 3.52. The van der Waals surface area contributed by atoms with Gasteiger partial charge in [-0.2, -0.15) is 5.26 Å². The van der Waals surface area contributed by atoms with Gasteiger partial charge in [-0.05, 0) is 40.2 Å². The molecule has 1 aromatic heterocycles. The Balaban J connectivity index is 2.25. The molecule has 1 heterocycles. The number of nitriles is 1. The van der Waals surface area contributed by atoms with Gasteiger partial charge < -0.3 is 5.32 Å². The molecule has 96 valence electrons. The number of halogens is 1. The molecule has 19 heavy (non-hydrogen) atoms. The third-order valence-electron chi connectivity index (χ3n) is 2.51. The van der Waals surface area contributed by atoms with Crippen LogP contribution in [0, 0.1) is 11.3 Å². The summed E-state index contributed by atoms with van der Waals surface area (Å²) in [6, 6.07) is 11.1. The van der Waals surface area contributed by atoms with E-state index in [0.29, 0.717) is 5.56 Å². The highest BCUT2D eigenvalue weighted by molar-refractivity contribution is 9.10. The number of hydrogen-bond donors (Lipinski definition) is 1. The number of nitrogens with one attached hydrogen (secondary N) is 1. The van der Waals surface area contributed by atoms with E-state index in [1.165, 1.54) is 0 Å². The molecule has 0 saturated heterocycles. The standard InChI is InChI=1S/C14H13BrN4/c1-9(2)14-18-12(15)7-13(19-14)17-11-5-3-10(8-16)4-6-11/h3-7,9H,1-2H3,(H,17,18,19). The van der Waals surface area contributed by atoms with Crippen molar-refractivity contribution in [3.8, 4) is 6.07 Å². The van der Waals surface area contributed by atoms with Crippen LogP contribution in [-0.2, 0) is 0 Å². The summed E-state index contributed by atoms with van der Waals surface area (Å²) in [6.07, 6.45) is 0. The summed E-state index contributed by atoms with van der Waals surface area (Å²) in [4.78, 5) is 8.78. The molecule has 2 aromatic rings. The molecule has 5 heteroatoms. The molecule has 0 amide bonds. The Morgan fingerprint density at radius 2 is 1.89 bits per heavy atom. The smallest absolute Gasteiger partial charge is 0.135 e. The monoisotopic (exact) mass is 316 g/mol. The van der Waals surface area contributed by atoms with E-state index in [1.54, 1.807) is 12.1 Å². The van der Waals surface area contributed by atoms with Crippen molar-refractivity contribution < 1.29 is 0 Å². The molecule has 0 aliphatic rings. The maximum atomic E-state index is 8.75. The van der Waals surface area contributed by atoms with E-state index >= 15 is 0 Å². The minimum absolute atomic E-state index is 0.263. The molecule has 0 spiro atoms. The summed E-state index contributed by atoms with van der Waals surface area (Å²) < 4.78 is 0.752. The first-order valence-electron chi connectivity index (χ1n) is 5.90. The third-order valence-corrected chi connectivity index (χ3v) is 2.92. The van der Waals surface area contributed by atoms with E-state index in [4.69, 9.17) is 5.26 Å². The van der Waals surface area contributed by atoms with Gasteiger partial charge in [-0.15, -0.1) is 0 Å². The number of rotatable bonds is 3. The number of aromatic nitrogens is 2. The largest absolute Gasteiger partial charge is 0.340 e. The lowest BCUT2D eigenvalue weighted by molar-refractivity contribution is 0.771. The van der Waals surface area contributed by atoms with Crippen molar-refractivity contribution in [1.29, 1.82) is 5.26 Å². The second kappa shape index (κ2) is 5.81. The minimum atomic E-state index is 0.263. The molecule has 0 aliphatic heterocycles.